The fraction of sp³-hybridized carbons (Fsp3) is 0.0556. The van der Waals surface area contributed by atoms with Crippen molar-refractivity contribution in [3.05, 3.63) is 71.3 Å². The van der Waals surface area contributed by atoms with Crippen LogP contribution in [-0.4, -0.2) is 15.2 Å². The highest BCUT2D eigenvalue weighted by Crippen LogP contribution is 2.28. The van der Waals surface area contributed by atoms with Gasteiger partial charge in [-0.05, 0) is 42.5 Å². The first-order chi connectivity index (χ1) is 12.7. The lowest BCUT2D eigenvalue weighted by Crippen LogP contribution is -1.83. The van der Waals surface area contributed by atoms with Gasteiger partial charge in [0, 0.05) is 21.9 Å². The van der Waals surface area contributed by atoms with Crippen LogP contribution in [0.3, 0.4) is 0 Å². The summed E-state index contributed by atoms with van der Waals surface area (Å²) < 4.78 is 24.0. The molecule has 2 heterocycles. The van der Waals surface area contributed by atoms with Gasteiger partial charge in [0.25, 0.3) is 5.22 Å². The van der Waals surface area contributed by atoms with Crippen molar-refractivity contribution in [2.75, 3.05) is 0 Å². The lowest BCUT2D eigenvalue weighted by atomic mass is 10.2. The van der Waals surface area contributed by atoms with Crippen LogP contribution in [0.5, 0.6) is 0 Å². The molecule has 8 heteroatoms. The Labute approximate surface area is 157 Å². The largest absolute Gasteiger partial charge is 0.444 e. The van der Waals surface area contributed by atoms with Crippen LogP contribution >= 0.6 is 23.4 Å². The molecule has 0 N–H and O–H groups in total. The maximum atomic E-state index is 13.0. The summed E-state index contributed by atoms with van der Waals surface area (Å²) in [6.45, 7) is 0. The van der Waals surface area contributed by atoms with Crippen LogP contribution < -0.4 is 0 Å². The second kappa shape index (κ2) is 7.31. The summed E-state index contributed by atoms with van der Waals surface area (Å²) in [5, 5.41) is 9.07. The number of hydrogen-bond donors (Lipinski definition) is 0. The molecule has 4 rings (SSSR count). The number of halogens is 2. The van der Waals surface area contributed by atoms with E-state index in [1.54, 1.807) is 30.5 Å². The molecular weight excluding hydrogens is 377 g/mol. The van der Waals surface area contributed by atoms with Crippen LogP contribution in [0.15, 0.2) is 68.9 Å². The molecule has 5 nitrogen and oxygen atoms in total. The minimum Gasteiger partial charge on any atom is -0.444 e. The number of hydrogen-bond acceptors (Lipinski definition) is 6. The highest BCUT2D eigenvalue weighted by atomic mass is 35.5. The summed E-state index contributed by atoms with van der Waals surface area (Å²) in [5.41, 5.74) is 2.19. The first-order valence-corrected chi connectivity index (χ1v) is 8.96. The number of aromatic nitrogens is 3. The van der Waals surface area contributed by atoms with Crippen molar-refractivity contribution in [2.45, 2.75) is 11.0 Å². The van der Waals surface area contributed by atoms with Crippen LogP contribution in [0.25, 0.3) is 22.9 Å². The SMILES string of the molecule is Fc1ccc(-c2nc(CSc3nnc(-c4cccc(Cl)c4)o3)co2)cc1. The average molecular weight is 388 g/mol. The van der Waals surface area contributed by atoms with Gasteiger partial charge in [0.2, 0.25) is 11.8 Å². The second-order valence-electron chi connectivity index (χ2n) is 5.32. The monoisotopic (exact) mass is 387 g/mol. The Morgan fingerprint density at radius 2 is 1.85 bits per heavy atom. The Hall–Kier alpha value is -2.64. The summed E-state index contributed by atoms with van der Waals surface area (Å²) in [4.78, 5) is 4.38. The van der Waals surface area contributed by atoms with Crippen molar-refractivity contribution in [3.63, 3.8) is 0 Å². The maximum absolute atomic E-state index is 13.0. The first kappa shape index (κ1) is 16.8. The Morgan fingerprint density at radius 1 is 1.00 bits per heavy atom. The Kier molecular flexibility index (Phi) is 4.73. The van der Waals surface area contributed by atoms with Gasteiger partial charge in [-0.3, -0.25) is 0 Å². The Bertz CT molecular complexity index is 1030. The smallest absolute Gasteiger partial charge is 0.277 e. The quantitative estimate of drug-likeness (QED) is 0.423. The zero-order valence-corrected chi connectivity index (χ0v) is 14.8. The molecule has 2 aromatic carbocycles. The van der Waals surface area contributed by atoms with Gasteiger partial charge in [-0.15, -0.1) is 10.2 Å². The molecule has 0 saturated carbocycles. The minimum atomic E-state index is -0.303. The van der Waals surface area contributed by atoms with Gasteiger partial charge in [-0.25, -0.2) is 9.37 Å². The van der Waals surface area contributed by atoms with E-state index < -0.39 is 0 Å². The van der Waals surface area contributed by atoms with E-state index in [2.05, 4.69) is 15.2 Å². The highest BCUT2D eigenvalue weighted by Gasteiger charge is 2.12. The molecule has 0 spiro atoms. The zero-order chi connectivity index (χ0) is 17.9. The minimum absolute atomic E-state index is 0.303. The number of thioether (sulfide) groups is 1. The van der Waals surface area contributed by atoms with E-state index in [9.17, 15) is 4.39 Å². The second-order valence-corrected chi connectivity index (χ2v) is 6.69. The van der Waals surface area contributed by atoms with Gasteiger partial charge >= 0.3 is 0 Å². The van der Waals surface area contributed by atoms with Gasteiger partial charge < -0.3 is 8.83 Å². The van der Waals surface area contributed by atoms with Crippen molar-refractivity contribution in [2.24, 2.45) is 0 Å². The molecule has 130 valence electrons. The van der Waals surface area contributed by atoms with E-state index in [-0.39, 0.29) is 5.82 Å². The number of oxazole rings is 1. The summed E-state index contributed by atoms with van der Waals surface area (Å²) in [5.74, 6) is 1.04. The summed E-state index contributed by atoms with van der Waals surface area (Å²) in [6.07, 6.45) is 1.56. The molecule has 4 aromatic rings. The molecule has 0 saturated heterocycles. The van der Waals surface area contributed by atoms with Gasteiger partial charge in [0.15, 0.2) is 0 Å². The van der Waals surface area contributed by atoms with Crippen LogP contribution in [-0.2, 0) is 5.75 Å². The normalized spacial score (nSPS) is 11.0. The van der Waals surface area contributed by atoms with E-state index in [4.69, 9.17) is 20.4 Å². The van der Waals surface area contributed by atoms with Gasteiger partial charge in [0.1, 0.15) is 12.1 Å². The van der Waals surface area contributed by atoms with Crippen LogP contribution in [0.2, 0.25) is 5.02 Å². The molecule has 0 bridgehead atoms. The Balaban J connectivity index is 1.43. The van der Waals surface area contributed by atoms with Crippen molar-refractivity contribution in [3.8, 4) is 22.9 Å². The zero-order valence-electron chi connectivity index (χ0n) is 13.2. The third kappa shape index (κ3) is 3.79. The molecule has 0 unspecified atom stereocenters. The predicted octanol–water partition coefficient (Wildman–Crippen LogP) is 5.48. The van der Waals surface area contributed by atoms with Gasteiger partial charge in [-0.1, -0.05) is 29.4 Å². The number of benzene rings is 2. The molecule has 2 aromatic heterocycles. The Morgan fingerprint density at radius 3 is 2.65 bits per heavy atom. The molecule has 26 heavy (non-hydrogen) atoms. The topological polar surface area (TPSA) is 65.0 Å². The predicted molar refractivity (Wildman–Crippen MR) is 96.2 cm³/mol. The fourth-order valence-corrected chi connectivity index (χ4v) is 3.07. The summed E-state index contributed by atoms with van der Waals surface area (Å²) in [7, 11) is 0. The van der Waals surface area contributed by atoms with E-state index in [0.717, 1.165) is 11.3 Å². The molecule has 0 amide bonds. The third-order valence-electron chi connectivity index (χ3n) is 3.46. The van der Waals surface area contributed by atoms with Gasteiger partial charge in [-0.2, -0.15) is 0 Å². The van der Waals surface area contributed by atoms with E-state index in [1.807, 2.05) is 12.1 Å². The van der Waals surface area contributed by atoms with Gasteiger partial charge in [0.05, 0.1) is 5.69 Å². The highest BCUT2D eigenvalue weighted by molar-refractivity contribution is 7.98. The molecular formula is C18H11ClFN3O2S. The average Bonchev–Trinajstić information content (AvgIpc) is 3.30. The van der Waals surface area contributed by atoms with E-state index >= 15 is 0 Å². The lowest BCUT2D eigenvalue weighted by Gasteiger charge is -1.95. The molecule has 0 radical (unpaired) electrons. The standard InChI is InChI=1S/C18H11ClFN3O2S/c19-13-3-1-2-12(8-13)17-22-23-18(25-17)26-10-15-9-24-16(21-15)11-4-6-14(20)7-5-11/h1-9H,10H2. The fourth-order valence-electron chi connectivity index (χ4n) is 2.24. The first-order valence-electron chi connectivity index (χ1n) is 7.60. The van der Waals surface area contributed by atoms with Crippen molar-refractivity contribution < 1.29 is 13.2 Å². The van der Waals surface area contributed by atoms with Crippen LogP contribution in [0.4, 0.5) is 4.39 Å². The molecule has 0 fully saturated rings. The number of nitrogens with zero attached hydrogens (tertiary/aromatic N) is 3. The number of rotatable bonds is 5. The van der Waals surface area contributed by atoms with Crippen molar-refractivity contribution >= 4 is 23.4 Å². The lowest BCUT2D eigenvalue weighted by molar-refractivity contribution is 0.466. The van der Waals surface area contributed by atoms with E-state index in [0.29, 0.717) is 33.3 Å². The van der Waals surface area contributed by atoms with Crippen molar-refractivity contribution in [1.82, 2.24) is 15.2 Å². The summed E-state index contributed by atoms with van der Waals surface area (Å²) >= 11 is 7.32. The van der Waals surface area contributed by atoms with Crippen LogP contribution in [0.1, 0.15) is 5.69 Å². The van der Waals surface area contributed by atoms with E-state index in [1.165, 1.54) is 23.9 Å². The molecule has 0 aliphatic carbocycles. The van der Waals surface area contributed by atoms with Crippen molar-refractivity contribution in [1.29, 1.82) is 0 Å². The molecule has 0 aliphatic heterocycles. The molecule has 0 atom stereocenters. The maximum Gasteiger partial charge on any atom is 0.277 e. The van der Waals surface area contributed by atoms with Crippen LogP contribution in [0, 0.1) is 5.82 Å². The summed E-state index contributed by atoms with van der Waals surface area (Å²) in [6, 6.07) is 13.2. The molecule has 0 aliphatic rings. The third-order valence-corrected chi connectivity index (χ3v) is 4.55.